The van der Waals surface area contributed by atoms with Crippen LogP contribution in [-0.2, 0) is 46.3 Å². The van der Waals surface area contributed by atoms with E-state index in [0.717, 1.165) is 64.3 Å². The fourth-order valence-electron chi connectivity index (χ4n) is 8.58. The lowest BCUT2D eigenvalue weighted by atomic mass is 9.86. The number of aliphatic imine (C=N–C) groups is 1. The number of hydrogen-bond donors (Lipinski definition) is 3. The van der Waals surface area contributed by atoms with Crippen LogP contribution >= 0.6 is 11.6 Å². The van der Waals surface area contributed by atoms with E-state index >= 15 is 0 Å². The van der Waals surface area contributed by atoms with Crippen molar-refractivity contribution in [3.63, 3.8) is 0 Å². The number of H-pyrrole nitrogens is 1. The molecule has 0 aliphatic carbocycles. The van der Waals surface area contributed by atoms with E-state index in [9.17, 15) is 34.6 Å². The van der Waals surface area contributed by atoms with Crippen molar-refractivity contribution in [1.82, 2.24) is 20.8 Å². The molecule has 3 atom stereocenters. The molecule has 6 aromatic rings. The summed E-state index contributed by atoms with van der Waals surface area (Å²) in [7, 11) is 0. The fourth-order valence-corrected chi connectivity index (χ4v) is 8.71. The van der Waals surface area contributed by atoms with Crippen molar-refractivity contribution in [2.24, 2.45) is 15.2 Å². The Morgan fingerprint density at radius 2 is 1.26 bits per heavy atom. The molecule has 4 heterocycles. The van der Waals surface area contributed by atoms with Gasteiger partial charge in [0.15, 0.2) is 5.78 Å². The van der Waals surface area contributed by atoms with Gasteiger partial charge in [-0.25, -0.2) is 14.8 Å². The monoisotopic (exact) mass is 1110 g/mol. The fraction of sp³-hybridized carbons (Fsp3) is 0.259. The first-order valence-electron chi connectivity index (χ1n) is 25.1. The Hall–Kier alpha value is -9.68. The van der Waals surface area contributed by atoms with Crippen molar-refractivity contribution < 1.29 is 43.4 Å². The number of aromatic nitrogens is 2. The van der Waals surface area contributed by atoms with E-state index in [2.05, 4.69) is 55.1 Å². The van der Waals surface area contributed by atoms with Crippen molar-refractivity contribution in [1.29, 1.82) is 0 Å². The van der Waals surface area contributed by atoms with Crippen LogP contribution in [0.15, 0.2) is 165 Å². The Kier molecular flexibility index (Phi) is 23.6. The van der Waals surface area contributed by atoms with Gasteiger partial charge in [0.1, 0.15) is 11.4 Å². The second-order valence-corrected chi connectivity index (χ2v) is 18.3. The third-order valence-electron chi connectivity index (χ3n) is 12.6. The molecule has 1 aromatic heterocycles. The number of esters is 1. The van der Waals surface area contributed by atoms with Gasteiger partial charge in [0.2, 0.25) is 0 Å². The number of non-ortho nitro benzene ring substituents is 2. The first kappa shape index (κ1) is 61.2. The molecule has 3 aliphatic rings. The lowest BCUT2D eigenvalue weighted by molar-refractivity contribution is -0.385. The molecule has 0 radical (unpaired) electrons. The number of ether oxygens (including phenoxy) is 1. The molecule has 0 saturated carbocycles. The predicted octanol–water partition coefficient (Wildman–Crippen LogP) is 10.2. The van der Waals surface area contributed by atoms with Crippen molar-refractivity contribution in [3.8, 4) is 0 Å². The smallest absolute Gasteiger partial charge is 0.373 e. The molecule has 3 aliphatic heterocycles. The molecule has 3 N–H and O–H groups in total. The molecule has 80 heavy (non-hydrogen) atoms. The highest BCUT2D eigenvalue weighted by Gasteiger charge is 2.27. The van der Waals surface area contributed by atoms with E-state index in [4.69, 9.17) is 35.5 Å². The van der Waals surface area contributed by atoms with Gasteiger partial charge in [-0.2, -0.15) is 29.4 Å². The van der Waals surface area contributed by atoms with Crippen LogP contribution in [0.3, 0.4) is 0 Å². The minimum atomic E-state index is -0.458. The summed E-state index contributed by atoms with van der Waals surface area (Å²) >= 11 is 5.93. The number of benzene rings is 5. The van der Waals surface area contributed by atoms with Crippen molar-refractivity contribution >= 4 is 80.9 Å². The highest BCUT2D eigenvalue weighted by Crippen LogP contribution is 2.32. The molecule has 21 nitrogen and oxygen atoms in total. The van der Waals surface area contributed by atoms with E-state index in [1.165, 1.54) is 12.1 Å². The molecule has 0 amide bonds. The largest absolute Gasteiger partial charge is 0.461 e. The SMILES string of the molecule is CCC1=CC(c2ccc([N+](=O)[O-])cc2)CC(C)=NN1.CCOC(=O)C1=NNC(CC)=CC(c2ccc(Cl)cc2)C1.O=C1Cc2ccccc2N=C1CC(Cc1nc2ccccc2[nH]c1=O)c1ccc([N+](=O)[O-])cc1.O=C=O.O=C=O. The number of allylic oxidation sites excluding steroid dienone is 4. The summed E-state index contributed by atoms with van der Waals surface area (Å²) in [4.78, 5) is 103. The van der Waals surface area contributed by atoms with E-state index < -0.39 is 4.92 Å². The highest BCUT2D eigenvalue weighted by atomic mass is 35.5. The van der Waals surface area contributed by atoms with Gasteiger partial charge in [-0.3, -0.25) is 40.7 Å². The number of hydrazone groups is 2. The Balaban J connectivity index is 0.000000221. The molecule has 9 rings (SSSR count). The summed E-state index contributed by atoms with van der Waals surface area (Å²) in [6.07, 6.45) is 8.64. The summed E-state index contributed by atoms with van der Waals surface area (Å²) in [5.74, 6) is -0.450. The first-order valence-corrected chi connectivity index (χ1v) is 25.5. The van der Waals surface area contributed by atoms with Crippen LogP contribution < -0.4 is 16.4 Å². The molecule has 412 valence electrons. The van der Waals surface area contributed by atoms with Crippen LogP contribution in [0.25, 0.3) is 11.0 Å². The molecular weight excluding hydrogens is 1050 g/mol. The third-order valence-corrected chi connectivity index (χ3v) is 12.9. The Morgan fingerprint density at radius 1 is 0.725 bits per heavy atom. The van der Waals surface area contributed by atoms with Gasteiger partial charge in [0, 0.05) is 83.9 Å². The van der Waals surface area contributed by atoms with Crippen LogP contribution in [0.1, 0.15) is 106 Å². The van der Waals surface area contributed by atoms with E-state index in [-0.39, 0.29) is 76.5 Å². The molecular formula is C58H56ClN9O12. The lowest BCUT2D eigenvalue weighted by Gasteiger charge is -2.20. The molecule has 0 spiro atoms. The quantitative estimate of drug-likeness (QED) is 0.0550. The van der Waals surface area contributed by atoms with Gasteiger partial charge < -0.3 is 9.72 Å². The van der Waals surface area contributed by atoms with Crippen molar-refractivity contribution in [2.45, 2.75) is 90.4 Å². The number of nitro groups is 2. The Morgan fingerprint density at radius 3 is 1.85 bits per heavy atom. The van der Waals surface area contributed by atoms with E-state index in [1.807, 2.05) is 92.7 Å². The van der Waals surface area contributed by atoms with Crippen LogP contribution in [-0.4, -0.2) is 67.6 Å². The molecule has 5 aromatic carbocycles. The minimum Gasteiger partial charge on any atom is -0.461 e. The van der Waals surface area contributed by atoms with E-state index in [0.29, 0.717) is 52.6 Å². The number of rotatable bonds is 13. The molecule has 0 bridgehead atoms. The average Bonchev–Trinajstić information content (AvgIpc) is 3.85. The number of Topliss-reactive ketones (excluding diaryl/α,β-unsaturated/α-hetero) is 1. The maximum atomic E-state index is 12.9. The Bertz CT molecular complexity index is 3440. The number of nitrogens with one attached hydrogen (secondary N) is 3. The predicted molar refractivity (Wildman–Crippen MR) is 298 cm³/mol. The summed E-state index contributed by atoms with van der Waals surface area (Å²) < 4.78 is 5.06. The van der Waals surface area contributed by atoms with Crippen LogP contribution in [0.2, 0.25) is 5.02 Å². The number of fused-ring (bicyclic) bond motifs is 2. The molecule has 22 heteroatoms. The number of nitro benzene ring substituents is 2. The number of carbonyl (C=O) groups is 2. The number of carbonyl (C=O) groups excluding carboxylic acids is 6. The van der Waals surface area contributed by atoms with Gasteiger partial charge in [0.25, 0.3) is 16.9 Å². The maximum Gasteiger partial charge on any atom is 0.373 e. The maximum absolute atomic E-state index is 12.9. The summed E-state index contributed by atoms with van der Waals surface area (Å²) in [6.45, 7) is 8.23. The highest BCUT2D eigenvalue weighted by molar-refractivity contribution is 6.42. The van der Waals surface area contributed by atoms with Crippen LogP contribution in [0.5, 0.6) is 0 Å². The molecule has 0 fully saturated rings. The Labute approximate surface area is 463 Å². The average molecular weight is 1110 g/mol. The summed E-state index contributed by atoms with van der Waals surface area (Å²) in [5, 5.41) is 30.9. The number of hydrogen-bond acceptors (Lipinski definition) is 18. The summed E-state index contributed by atoms with van der Waals surface area (Å²) in [6, 6.07) is 35.4. The summed E-state index contributed by atoms with van der Waals surface area (Å²) in [5.41, 5.74) is 16.0. The topological polar surface area (TPSA) is 305 Å². The lowest BCUT2D eigenvalue weighted by Crippen LogP contribution is -2.25. The van der Waals surface area contributed by atoms with Crippen LogP contribution in [0.4, 0.5) is 17.1 Å². The van der Waals surface area contributed by atoms with Gasteiger partial charge in [-0.15, -0.1) is 0 Å². The van der Waals surface area contributed by atoms with Gasteiger partial charge in [0.05, 0.1) is 38.9 Å². The number of para-hydroxylation sites is 3. The second-order valence-electron chi connectivity index (χ2n) is 17.9. The minimum absolute atomic E-state index is 0.0239. The zero-order chi connectivity index (χ0) is 58.1. The number of ketones is 1. The standard InChI is InChI=1S/C26H20N4O4.C16H19ClN2O2.C14H17N3O2.2CO2/c31-25-15-17-5-1-2-6-20(17)27-23(25)13-18(16-9-11-19(12-10-16)30(33)34)14-24-26(32)29-22-8-4-3-7-21(22)28-24;1-3-14-9-12(11-5-7-13(17)8-6-11)10-15(19-18-14)16(20)21-4-2;1-3-13-9-12(8-10(2)15-16-13)11-4-6-14(7-5-11)17(18)19;2*2-1-3/h1-12,18H,13-15H2,(H,29,32);5-9,12,18H,3-4,10H2,1-2H3;4-7,9,12,16H,3,8H2,1-2H3;;. The van der Waals surface area contributed by atoms with Gasteiger partial charge in [-0.05, 0) is 91.6 Å². The van der Waals surface area contributed by atoms with Crippen molar-refractivity contribution in [3.05, 3.63) is 208 Å². The van der Waals surface area contributed by atoms with Crippen molar-refractivity contribution in [2.75, 3.05) is 6.61 Å². The first-order chi connectivity index (χ1) is 38.5. The zero-order valence-electron chi connectivity index (χ0n) is 44.1. The van der Waals surface area contributed by atoms with E-state index in [1.54, 1.807) is 37.3 Å². The number of halogens is 1. The number of nitrogens with zero attached hydrogens (tertiary/aromatic N) is 6. The molecule has 0 saturated heterocycles. The zero-order valence-corrected chi connectivity index (χ0v) is 44.8. The normalized spacial score (nSPS) is 15.4. The number of aromatic amines is 1. The molecule has 3 unspecified atom stereocenters. The second kappa shape index (κ2) is 30.9. The third kappa shape index (κ3) is 18.0. The van der Waals surface area contributed by atoms with Gasteiger partial charge >= 0.3 is 18.3 Å². The van der Waals surface area contributed by atoms with Crippen LogP contribution in [0, 0.1) is 20.2 Å². The van der Waals surface area contributed by atoms with Gasteiger partial charge in [-0.1, -0.05) is 104 Å².